The number of thioether (sulfide) groups is 1. The molecule has 1 amide bonds. The molecule has 1 fully saturated rings. The average molecular weight is 433 g/mol. The molecule has 1 aliphatic carbocycles. The van der Waals surface area contributed by atoms with E-state index in [0.717, 1.165) is 16.6 Å². The van der Waals surface area contributed by atoms with Crippen molar-refractivity contribution >= 4 is 33.4 Å². The van der Waals surface area contributed by atoms with Crippen molar-refractivity contribution in [1.29, 1.82) is 0 Å². The van der Waals surface area contributed by atoms with E-state index >= 15 is 0 Å². The van der Waals surface area contributed by atoms with Gasteiger partial charge in [-0.2, -0.15) is 11.8 Å². The van der Waals surface area contributed by atoms with Gasteiger partial charge in [0.25, 0.3) is 15.9 Å². The van der Waals surface area contributed by atoms with Gasteiger partial charge in [-0.1, -0.05) is 37.0 Å². The molecule has 1 aliphatic rings. The number of aryl methyl sites for hydroxylation is 1. The molecule has 7 heteroatoms. The summed E-state index contributed by atoms with van der Waals surface area (Å²) in [5, 5.41) is 3.68. The van der Waals surface area contributed by atoms with Crippen molar-refractivity contribution in [3.8, 4) is 0 Å². The van der Waals surface area contributed by atoms with Crippen LogP contribution in [-0.2, 0) is 10.0 Å². The van der Waals surface area contributed by atoms with Crippen molar-refractivity contribution in [2.24, 2.45) is 0 Å². The first-order valence-corrected chi connectivity index (χ1v) is 12.6. The van der Waals surface area contributed by atoms with Crippen molar-refractivity contribution in [3.05, 3.63) is 59.7 Å². The van der Waals surface area contributed by atoms with Gasteiger partial charge in [-0.15, -0.1) is 0 Å². The first-order chi connectivity index (χ1) is 13.9. The van der Waals surface area contributed by atoms with Gasteiger partial charge in [0, 0.05) is 28.8 Å². The van der Waals surface area contributed by atoms with Gasteiger partial charge in [-0.3, -0.25) is 9.52 Å². The molecule has 0 aromatic heterocycles. The van der Waals surface area contributed by atoms with E-state index in [0.29, 0.717) is 17.8 Å². The monoisotopic (exact) mass is 432 g/mol. The molecule has 0 atom stereocenters. The van der Waals surface area contributed by atoms with Gasteiger partial charge >= 0.3 is 0 Å². The minimum atomic E-state index is -3.64. The highest BCUT2D eigenvalue weighted by molar-refractivity contribution is 7.99. The lowest BCUT2D eigenvalue weighted by atomic mass is 10.0. The van der Waals surface area contributed by atoms with Gasteiger partial charge in [0.15, 0.2) is 0 Å². The Morgan fingerprint density at radius 2 is 1.66 bits per heavy atom. The predicted molar refractivity (Wildman–Crippen MR) is 120 cm³/mol. The lowest BCUT2D eigenvalue weighted by molar-refractivity contribution is 0.0956. The summed E-state index contributed by atoms with van der Waals surface area (Å²) in [6.45, 7) is 2.55. The molecule has 2 N–H and O–H groups in total. The minimum absolute atomic E-state index is 0.137. The quantitative estimate of drug-likeness (QED) is 0.598. The maximum Gasteiger partial charge on any atom is 0.261 e. The third-order valence-electron chi connectivity index (χ3n) is 5.02. The van der Waals surface area contributed by atoms with Crippen LogP contribution in [0.15, 0.2) is 53.4 Å². The summed E-state index contributed by atoms with van der Waals surface area (Å²) in [5.41, 5.74) is 1.94. The molecular weight excluding hydrogens is 404 g/mol. The second kappa shape index (κ2) is 10.2. The molecule has 2 aromatic rings. The van der Waals surface area contributed by atoms with Crippen molar-refractivity contribution < 1.29 is 13.2 Å². The van der Waals surface area contributed by atoms with Gasteiger partial charge in [0.1, 0.15) is 0 Å². The van der Waals surface area contributed by atoms with Crippen LogP contribution >= 0.6 is 11.8 Å². The molecule has 0 bridgehead atoms. The van der Waals surface area contributed by atoms with Crippen LogP contribution in [0.2, 0.25) is 0 Å². The Morgan fingerprint density at radius 3 is 2.31 bits per heavy atom. The number of anilines is 1. The zero-order valence-electron chi connectivity index (χ0n) is 16.7. The van der Waals surface area contributed by atoms with E-state index in [9.17, 15) is 13.2 Å². The van der Waals surface area contributed by atoms with Crippen molar-refractivity contribution in [2.75, 3.05) is 17.0 Å². The molecule has 0 saturated heterocycles. The average Bonchev–Trinajstić information content (AvgIpc) is 2.72. The molecule has 0 unspecified atom stereocenters. The number of rotatable bonds is 8. The Balaban J connectivity index is 1.48. The normalized spacial score (nSPS) is 15.1. The van der Waals surface area contributed by atoms with Crippen LogP contribution in [0.5, 0.6) is 0 Å². The highest BCUT2D eigenvalue weighted by Crippen LogP contribution is 2.27. The number of carbonyl (C=O) groups is 1. The number of nitrogens with one attached hydrogen (secondary N) is 2. The van der Waals surface area contributed by atoms with Gasteiger partial charge in [0.05, 0.1) is 4.90 Å². The van der Waals surface area contributed by atoms with Crippen LogP contribution in [0.3, 0.4) is 0 Å². The number of benzene rings is 2. The molecule has 0 aliphatic heterocycles. The number of amides is 1. The van der Waals surface area contributed by atoms with Crippen LogP contribution in [-0.4, -0.2) is 31.9 Å². The molecule has 5 nitrogen and oxygen atoms in total. The predicted octanol–water partition coefficient (Wildman–Crippen LogP) is 4.59. The van der Waals surface area contributed by atoms with Gasteiger partial charge < -0.3 is 5.32 Å². The number of sulfonamides is 1. The number of hydrogen-bond acceptors (Lipinski definition) is 4. The minimum Gasteiger partial charge on any atom is -0.351 e. The third-order valence-corrected chi connectivity index (χ3v) is 7.80. The molecule has 1 saturated carbocycles. The van der Waals surface area contributed by atoms with E-state index in [1.165, 1.54) is 32.1 Å². The lowest BCUT2D eigenvalue weighted by Gasteiger charge is -2.20. The standard InChI is InChI=1S/C22H28N2O3S2/c1-17-7-13-21(14-8-17)29(26,27)24-19-11-9-18(10-12-19)22(25)23-15-16-28-20-5-3-2-4-6-20/h7-14,20,24H,2-6,15-16H2,1H3,(H,23,25). The SMILES string of the molecule is Cc1ccc(S(=O)(=O)Nc2ccc(C(=O)NCCSC3CCCCC3)cc2)cc1. The van der Waals surface area contributed by atoms with Crippen LogP contribution < -0.4 is 10.0 Å². The highest BCUT2D eigenvalue weighted by atomic mass is 32.2. The topological polar surface area (TPSA) is 75.3 Å². The molecule has 2 aromatic carbocycles. The Hall–Kier alpha value is -1.99. The molecule has 29 heavy (non-hydrogen) atoms. The fourth-order valence-corrected chi connectivity index (χ4v) is 5.62. The molecular formula is C22H28N2O3S2. The molecule has 0 radical (unpaired) electrons. The zero-order chi connectivity index (χ0) is 20.7. The van der Waals surface area contributed by atoms with E-state index in [2.05, 4.69) is 10.0 Å². The summed E-state index contributed by atoms with van der Waals surface area (Å²) in [5.74, 6) is 0.785. The maximum absolute atomic E-state index is 12.4. The first-order valence-electron chi connectivity index (χ1n) is 10.0. The summed E-state index contributed by atoms with van der Waals surface area (Å²) < 4.78 is 27.4. The zero-order valence-corrected chi connectivity index (χ0v) is 18.3. The maximum atomic E-state index is 12.4. The van der Waals surface area contributed by atoms with E-state index in [1.54, 1.807) is 48.5 Å². The molecule has 0 heterocycles. The van der Waals surface area contributed by atoms with Crippen LogP contribution in [0.25, 0.3) is 0 Å². The smallest absolute Gasteiger partial charge is 0.261 e. The van der Waals surface area contributed by atoms with Crippen molar-refractivity contribution in [2.45, 2.75) is 49.2 Å². The van der Waals surface area contributed by atoms with Gasteiger partial charge in [0.2, 0.25) is 0 Å². The summed E-state index contributed by atoms with van der Waals surface area (Å²) >= 11 is 1.95. The van der Waals surface area contributed by atoms with E-state index in [1.807, 2.05) is 18.7 Å². The van der Waals surface area contributed by atoms with Gasteiger partial charge in [-0.25, -0.2) is 8.42 Å². The van der Waals surface area contributed by atoms with Crippen LogP contribution in [0.4, 0.5) is 5.69 Å². The van der Waals surface area contributed by atoms with Crippen molar-refractivity contribution in [1.82, 2.24) is 5.32 Å². The Bertz CT molecular complexity index is 904. The largest absolute Gasteiger partial charge is 0.351 e. The number of hydrogen-bond donors (Lipinski definition) is 2. The van der Waals surface area contributed by atoms with Crippen molar-refractivity contribution in [3.63, 3.8) is 0 Å². The van der Waals surface area contributed by atoms with E-state index in [-0.39, 0.29) is 10.8 Å². The Morgan fingerprint density at radius 1 is 1.00 bits per heavy atom. The summed E-state index contributed by atoms with van der Waals surface area (Å²) in [6.07, 6.45) is 6.58. The summed E-state index contributed by atoms with van der Waals surface area (Å²) in [7, 11) is -3.64. The Kier molecular flexibility index (Phi) is 7.61. The van der Waals surface area contributed by atoms with Crippen LogP contribution in [0, 0.1) is 6.92 Å². The first kappa shape index (κ1) is 21.7. The summed E-state index contributed by atoms with van der Waals surface area (Å²) in [4.78, 5) is 12.5. The second-order valence-corrected chi connectivity index (χ2v) is 10.5. The van der Waals surface area contributed by atoms with E-state index in [4.69, 9.17) is 0 Å². The lowest BCUT2D eigenvalue weighted by Crippen LogP contribution is -2.26. The second-order valence-electron chi connectivity index (χ2n) is 7.38. The highest BCUT2D eigenvalue weighted by Gasteiger charge is 2.15. The fourth-order valence-electron chi connectivity index (χ4n) is 3.35. The Labute approximate surface area is 177 Å². The molecule has 0 spiro atoms. The fraction of sp³-hybridized carbons (Fsp3) is 0.409. The van der Waals surface area contributed by atoms with Crippen LogP contribution in [0.1, 0.15) is 48.0 Å². The number of carbonyl (C=O) groups excluding carboxylic acids is 1. The molecule has 156 valence electrons. The third kappa shape index (κ3) is 6.51. The molecule has 3 rings (SSSR count). The summed E-state index contributed by atoms with van der Waals surface area (Å²) in [6, 6.07) is 13.2. The van der Waals surface area contributed by atoms with E-state index < -0.39 is 10.0 Å². The van der Waals surface area contributed by atoms with Gasteiger partial charge in [-0.05, 0) is 56.2 Å².